The van der Waals surface area contributed by atoms with Crippen molar-refractivity contribution < 1.29 is 9.31 Å². The lowest BCUT2D eigenvalue weighted by atomic mass is 9.76. The molecule has 0 unspecified atom stereocenters. The molecule has 1 aliphatic rings. The molecular formula is C132H90BClN6O2. The summed E-state index contributed by atoms with van der Waals surface area (Å²) in [6.07, 6.45) is 0. The topological polar surface area (TPSA) is 64.0 Å². The summed E-state index contributed by atoms with van der Waals surface area (Å²) in [7, 11) is -0.486. The van der Waals surface area contributed by atoms with Gasteiger partial charge in [0, 0.05) is 92.9 Å². The Kier molecular flexibility index (Phi) is 19.8. The molecule has 142 heavy (non-hydrogen) atoms. The molecule has 670 valence electrons. The molecule has 0 saturated carbocycles. The van der Waals surface area contributed by atoms with Crippen LogP contribution in [0.2, 0.25) is 5.15 Å². The van der Waals surface area contributed by atoms with E-state index in [0.717, 1.165) is 83.0 Å². The Labute approximate surface area is 825 Å². The SMILES string of the molecule is CC1(C)OB(c2ccc3c(-c4ccc(-n5c6ccccc6c6ccccc65)cc4)c4ccccc4c(-c4ccc(-n5c6ccccc6c6ccccc65)cc4)c3c2)OC1(C)C.Clc1nc2ccccc2c2ccccc12.c1ccc2c(c1)nc(-c1ccc3c(-c4ccc(-n5c6ccccc6c6ccccc65)cc4)c4ccccc4c(-c4ccc(-n5c6ccccc6c6ccccc65)cc4)c3c1)c1ccccc12. The molecule has 29 rings (SSSR count). The van der Waals surface area contributed by atoms with Crippen LogP contribution in [0, 0.1) is 0 Å². The lowest BCUT2D eigenvalue weighted by Gasteiger charge is -2.32. The quantitative estimate of drug-likeness (QED) is 0.0592. The summed E-state index contributed by atoms with van der Waals surface area (Å²) in [5.41, 5.74) is 27.8. The van der Waals surface area contributed by atoms with Crippen molar-refractivity contribution in [2.45, 2.75) is 38.9 Å². The average molecular weight is 1840 g/mol. The molecule has 1 aliphatic heterocycles. The Balaban J connectivity index is 0.000000124. The number of aromatic nitrogens is 6. The predicted molar refractivity (Wildman–Crippen MR) is 600 cm³/mol. The highest BCUT2D eigenvalue weighted by Crippen LogP contribution is 2.51. The maximum atomic E-state index is 6.66. The number of halogens is 1. The minimum absolute atomic E-state index is 0.454. The van der Waals surface area contributed by atoms with E-state index in [0.29, 0.717) is 5.15 Å². The van der Waals surface area contributed by atoms with Gasteiger partial charge in [-0.15, -0.1) is 0 Å². The minimum Gasteiger partial charge on any atom is -0.399 e. The van der Waals surface area contributed by atoms with Gasteiger partial charge in [-0.05, 0) is 247 Å². The first-order valence-corrected chi connectivity index (χ1v) is 49.2. The van der Waals surface area contributed by atoms with E-state index in [1.165, 1.54) is 175 Å². The molecule has 0 spiro atoms. The van der Waals surface area contributed by atoms with Crippen LogP contribution in [0.3, 0.4) is 0 Å². The smallest absolute Gasteiger partial charge is 0.399 e. The van der Waals surface area contributed by atoms with Gasteiger partial charge < -0.3 is 27.6 Å². The zero-order valence-electron chi connectivity index (χ0n) is 78.5. The van der Waals surface area contributed by atoms with Crippen molar-refractivity contribution in [3.8, 4) is 78.5 Å². The van der Waals surface area contributed by atoms with Crippen molar-refractivity contribution in [2.24, 2.45) is 0 Å². The molecule has 22 aromatic carbocycles. The molecule has 6 aromatic heterocycles. The lowest BCUT2D eigenvalue weighted by molar-refractivity contribution is 0.00578. The van der Waals surface area contributed by atoms with Gasteiger partial charge in [0.15, 0.2) is 0 Å². The van der Waals surface area contributed by atoms with Gasteiger partial charge >= 0.3 is 7.12 Å². The molecule has 1 saturated heterocycles. The molecule has 0 atom stereocenters. The number of nitrogens with zero attached hydrogens (tertiary/aromatic N) is 6. The van der Waals surface area contributed by atoms with Crippen molar-refractivity contribution in [2.75, 3.05) is 0 Å². The van der Waals surface area contributed by atoms with Crippen molar-refractivity contribution in [1.29, 1.82) is 0 Å². The number of para-hydroxylation sites is 10. The molecule has 0 aliphatic carbocycles. The Bertz CT molecular complexity index is 9800. The van der Waals surface area contributed by atoms with E-state index < -0.39 is 18.3 Å². The van der Waals surface area contributed by atoms with Crippen LogP contribution in [0.1, 0.15) is 27.7 Å². The number of fused-ring (bicyclic) bond motifs is 22. The summed E-state index contributed by atoms with van der Waals surface area (Å²) in [5, 5.41) is 27.1. The van der Waals surface area contributed by atoms with Gasteiger partial charge in [0.05, 0.1) is 72.1 Å². The molecule has 28 aromatic rings. The van der Waals surface area contributed by atoms with E-state index in [2.05, 4.69) is 488 Å². The number of hydrogen-bond donors (Lipinski definition) is 0. The molecule has 0 radical (unpaired) electrons. The van der Waals surface area contributed by atoms with Crippen LogP contribution in [0.15, 0.2) is 473 Å². The predicted octanol–water partition coefficient (Wildman–Crippen LogP) is 34.8. The average Bonchev–Trinajstić information content (AvgIpc) is 0.963. The van der Waals surface area contributed by atoms with E-state index in [1.54, 1.807) is 0 Å². The van der Waals surface area contributed by atoms with E-state index in [9.17, 15) is 0 Å². The first kappa shape index (κ1) is 84.0. The minimum atomic E-state index is -0.486. The zero-order chi connectivity index (χ0) is 94.6. The lowest BCUT2D eigenvalue weighted by Crippen LogP contribution is -2.41. The summed E-state index contributed by atoms with van der Waals surface area (Å²) >= 11 is 6.12. The summed E-state index contributed by atoms with van der Waals surface area (Å²) < 4.78 is 22.9. The molecule has 0 bridgehead atoms. The molecule has 8 nitrogen and oxygen atoms in total. The van der Waals surface area contributed by atoms with Crippen LogP contribution in [0.5, 0.6) is 0 Å². The maximum Gasteiger partial charge on any atom is 0.494 e. The highest BCUT2D eigenvalue weighted by atomic mass is 35.5. The summed E-state index contributed by atoms with van der Waals surface area (Å²) in [4.78, 5) is 9.76. The van der Waals surface area contributed by atoms with Crippen molar-refractivity contribution >= 4 is 198 Å². The highest BCUT2D eigenvalue weighted by molar-refractivity contribution is 6.62. The fourth-order valence-corrected chi connectivity index (χ4v) is 23.0. The summed E-state index contributed by atoms with van der Waals surface area (Å²) in [6.45, 7) is 8.47. The number of pyridine rings is 2. The fraction of sp³-hybridized carbons (Fsp3) is 0.0455. The fourth-order valence-electron chi connectivity index (χ4n) is 22.8. The Morgan fingerprint density at radius 2 is 0.423 bits per heavy atom. The van der Waals surface area contributed by atoms with E-state index in [-0.39, 0.29) is 0 Å². The second-order valence-corrected chi connectivity index (χ2v) is 38.8. The molecular weight excluding hydrogens is 1750 g/mol. The Morgan fingerprint density at radius 3 is 0.746 bits per heavy atom. The van der Waals surface area contributed by atoms with Gasteiger partial charge in [0.2, 0.25) is 0 Å². The third-order valence-corrected chi connectivity index (χ3v) is 30.3. The molecule has 0 N–H and O–H groups in total. The van der Waals surface area contributed by atoms with Gasteiger partial charge in [0.25, 0.3) is 0 Å². The van der Waals surface area contributed by atoms with Gasteiger partial charge in [-0.3, -0.25) is 0 Å². The van der Waals surface area contributed by atoms with Crippen LogP contribution >= 0.6 is 11.6 Å². The summed E-state index contributed by atoms with van der Waals surface area (Å²) in [6, 6.07) is 171. The normalized spacial score (nSPS) is 13.1. The van der Waals surface area contributed by atoms with Gasteiger partial charge in [-0.25, -0.2) is 9.97 Å². The van der Waals surface area contributed by atoms with Crippen LogP contribution in [-0.4, -0.2) is 46.6 Å². The van der Waals surface area contributed by atoms with Crippen molar-refractivity contribution in [3.63, 3.8) is 0 Å². The van der Waals surface area contributed by atoms with Gasteiger partial charge in [-0.2, -0.15) is 0 Å². The first-order valence-electron chi connectivity index (χ1n) is 48.8. The van der Waals surface area contributed by atoms with E-state index >= 15 is 0 Å². The number of benzene rings is 22. The van der Waals surface area contributed by atoms with Crippen LogP contribution in [-0.2, 0) is 9.31 Å². The third kappa shape index (κ3) is 13.6. The van der Waals surface area contributed by atoms with E-state index in [1.807, 2.05) is 36.4 Å². The van der Waals surface area contributed by atoms with Gasteiger partial charge in [0.1, 0.15) is 5.15 Å². The van der Waals surface area contributed by atoms with Crippen LogP contribution in [0.4, 0.5) is 0 Å². The molecule has 10 heteroatoms. The first-order chi connectivity index (χ1) is 69.9. The number of rotatable bonds is 10. The molecule has 1 fully saturated rings. The van der Waals surface area contributed by atoms with Crippen molar-refractivity contribution in [3.05, 3.63) is 478 Å². The monoisotopic (exact) mass is 1840 g/mol. The van der Waals surface area contributed by atoms with Crippen LogP contribution in [0.25, 0.3) is 252 Å². The summed E-state index contributed by atoms with van der Waals surface area (Å²) in [5.74, 6) is 0. The third-order valence-electron chi connectivity index (χ3n) is 30.0. The highest BCUT2D eigenvalue weighted by Gasteiger charge is 2.52. The second kappa shape index (κ2) is 33.5. The number of hydrogen-bond acceptors (Lipinski definition) is 4. The van der Waals surface area contributed by atoms with Crippen molar-refractivity contribution in [1.82, 2.24) is 28.2 Å². The standard InChI is InChI=1S/C63H39N3.C56H43BN2O2.C13H8ClN/c1-4-23-54-45(15-1)46-16-5-10-24-56(46)64-63(54)42-33-38-53-55(39-42)62(41-31-36-44(37-32-41)66-59-27-13-8-19-49(59)50-20-9-14-28-60(50)66)52-22-3-2-21-51(52)61(53)40-29-34-43(35-30-40)65-57-25-11-6-17-47(57)48-18-7-12-26-58(48)65;1-55(2)56(3,4)61-57(60-55)38-29-34-47-48(35-38)54(37-27-32-40(33-28-37)59-51-23-13-9-17-43(51)44-18-10-14-24-52(44)59)46-20-6-5-19-45(46)53(47)36-25-30-39(31-26-36)58-49-21-11-7-15-41(49)42-16-8-12-22-50(42)58;14-13-11-7-2-1-5-9(11)10-6-3-4-8-12(10)15-13/h1-39H;5-35H,1-4H3;1-8H. The van der Waals surface area contributed by atoms with E-state index in [4.69, 9.17) is 25.9 Å². The Morgan fingerprint density at radius 1 is 0.197 bits per heavy atom. The molecule has 0 amide bonds. The second-order valence-electron chi connectivity index (χ2n) is 38.4. The molecule has 7 heterocycles. The largest absolute Gasteiger partial charge is 0.494 e. The van der Waals surface area contributed by atoms with Gasteiger partial charge in [-0.1, -0.05) is 370 Å². The maximum absolute atomic E-state index is 6.66. The Hall–Kier alpha value is -17.3. The van der Waals surface area contributed by atoms with Crippen LogP contribution < -0.4 is 5.46 Å². The zero-order valence-corrected chi connectivity index (χ0v) is 79.2.